The van der Waals surface area contributed by atoms with E-state index in [2.05, 4.69) is 5.32 Å². The third-order valence-electron chi connectivity index (χ3n) is 2.98. The van der Waals surface area contributed by atoms with Crippen LogP contribution in [0.15, 0.2) is 24.3 Å². The Balaban J connectivity index is 2.37. The Labute approximate surface area is 115 Å². The van der Waals surface area contributed by atoms with Crippen LogP contribution < -0.4 is 10.1 Å². The zero-order valence-electron chi connectivity index (χ0n) is 11.9. The average Bonchev–Trinajstić information content (AvgIpc) is 2.45. The Morgan fingerprint density at radius 3 is 2.47 bits per heavy atom. The summed E-state index contributed by atoms with van der Waals surface area (Å²) in [6, 6.07) is 7.96. The minimum atomic E-state index is -0.151. The number of rotatable bonds is 8. The molecule has 4 heteroatoms. The Hall–Kier alpha value is -1.55. The second-order valence-corrected chi connectivity index (χ2v) is 4.34. The second-order valence-electron chi connectivity index (χ2n) is 4.34. The molecule has 0 amide bonds. The van der Waals surface area contributed by atoms with Crippen LogP contribution in [-0.2, 0) is 16.1 Å². The summed E-state index contributed by atoms with van der Waals surface area (Å²) in [5.41, 5.74) is 1.17. The molecule has 19 heavy (non-hydrogen) atoms. The number of hydrogen-bond donors (Lipinski definition) is 1. The highest BCUT2D eigenvalue weighted by molar-refractivity contribution is 5.72. The monoisotopic (exact) mass is 265 g/mol. The van der Waals surface area contributed by atoms with E-state index < -0.39 is 0 Å². The van der Waals surface area contributed by atoms with Crippen LogP contribution in [0.3, 0.4) is 0 Å². The molecular formula is C15H23NO3. The molecule has 1 rings (SSSR count). The smallest absolute Gasteiger partial charge is 0.309 e. The number of carbonyl (C=O) groups is 1. The minimum Gasteiger partial charge on any atom is -0.494 e. The van der Waals surface area contributed by atoms with Crippen molar-refractivity contribution in [2.45, 2.75) is 26.8 Å². The largest absolute Gasteiger partial charge is 0.494 e. The Morgan fingerprint density at radius 1 is 1.26 bits per heavy atom. The van der Waals surface area contributed by atoms with E-state index in [1.54, 1.807) is 0 Å². The van der Waals surface area contributed by atoms with E-state index in [0.717, 1.165) is 18.7 Å². The van der Waals surface area contributed by atoms with E-state index in [0.29, 0.717) is 13.2 Å². The van der Waals surface area contributed by atoms with Crippen LogP contribution in [-0.4, -0.2) is 26.2 Å². The number of methoxy groups -OCH3 is 1. The molecule has 0 spiro atoms. The summed E-state index contributed by atoms with van der Waals surface area (Å²) in [5, 5.41) is 3.28. The number of nitrogens with one attached hydrogen (secondary N) is 1. The first-order valence-electron chi connectivity index (χ1n) is 6.71. The van der Waals surface area contributed by atoms with Crippen molar-refractivity contribution < 1.29 is 14.3 Å². The van der Waals surface area contributed by atoms with E-state index in [9.17, 15) is 4.79 Å². The summed E-state index contributed by atoms with van der Waals surface area (Å²) in [5.74, 6) is 0.654. The quantitative estimate of drug-likeness (QED) is 0.733. The van der Waals surface area contributed by atoms with Gasteiger partial charge in [0.1, 0.15) is 5.75 Å². The first kappa shape index (κ1) is 15.5. The third kappa shape index (κ3) is 5.30. The van der Waals surface area contributed by atoms with Gasteiger partial charge in [0, 0.05) is 13.1 Å². The van der Waals surface area contributed by atoms with Gasteiger partial charge in [-0.1, -0.05) is 19.1 Å². The van der Waals surface area contributed by atoms with Gasteiger partial charge in [0.2, 0.25) is 0 Å². The first-order valence-corrected chi connectivity index (χ1v) is 6.71. The van der Waals surface area contributed by atoms with Gasteiger partial charge in [-0.15, -0.1) is 0 Å². The molecule has 0 aliphatic carbocycles. The van der Waals surface area contributed by atoms with Crippen LogP contribution in [0.5, 0.6) is 5.75 Å². The Morgan fingerprint density at radius 2 is 1.95 bits per heavy atom. The van der Waals surface area contributed by atoms with Crippen molar-refractivity contribution >= 4 is 5.97 Å². The van der Waals surface area contributed by atoms with Crippen molar-refractivity contribution in [3.8, 4) is 5.75 Å². The lowest BCUT2D eigenvalue weighted by Gasteiger charge is -2.13. The van der Waals surface area contributed by atoms with Gasteiger partial charge >= 0.3 is 5.97 Å². The molecule has 0 saturated carbocycles. The van der Waals surface area contributed by atoms with Gasteiger partial charge in [-0.25, -0.2) is 0 Å². The Kier molecular flexibility index (Phi) is 6.97. The van der Waals surface area contributed by atoms with Crippen LogP contribution in [0.2, 0.25) is 0 Å². The Bertz CT molecular complexity index is 375. The minimum absolute atomic E-state index is 0.0762. The number of esters is 1. The number of hydrogen-bond acceptors (Lipinski definition) is 4. The van der Waals surface area contributed by atoms with Crippen LogP contribution in [0.1, 0.15) is 25.8 Å². The van der Waals surface area contributed by atoms with E-state index in [4.69, 9.17) is 9.47 Å². The second kappa shape index (κ2) is 8.53. The van der Waals surface area contributed by atoms with Gasteiger partial charge in [-0.05, 0) is 31.0 Å². The van der Waals surface area contributed by atoms with E-state index in [1.807, 2.05) is 38.1 Å². The van der Waals surface area contributed by atoms with Crippen LogP contribution in [0.25, 0.3) is 0 Å². The molecule has 0 saturated heterocycles. The van der Waals surface area contributed by atoms with Gasteiger partial charge in [0.25, 0.3) is 0 Å². The van der Waals surface area contributed by atoms with Gasteiger partial charge in [0.15, 0.2) is 0 Å². The standard InChI is InChI=1S/C15H23NO3/c1-4-13(15(17)18-3)11-16-10-12-6-8-14(9-7-12)19-5-2/h6-9,13,16H,4-5,10-11H2,1-3H3. The fourth-order valence-corrected chi connectivity index (χ4v) is 1.82. The molecule has 1 atom stereocenters. The van der Waals surface area contributed by atoms with Crippen molar-refractivity contribution in [3.05, 3.63) is 29.8 Å². The summed E-state index contributed by atoms with van der Waals surface area (Å²) < 4.78 is 10.1. The lowest BCUT2D eigenvalue weighted by molar-refractivity contribution is -0.145. The summed E-state index contributed by atoms with van der Waals surface area (Å²) in [6.07, 6.45) is 0.781. The summed E-state index contributed by atoms with van der Waals surface area (Å²) >= 11 is 0. The average molecular weight is 265 g/mol. The van der Waals surface area contributed by atoms with Gasteiger partial charge in [-0.2, -0.15) is 0 Å². The molecule has 0 radical (unpaired) electrons. The topological polar surface area (TPSA) is 47.6 Å². The molecule has 0 heterocycles. The van der Waals surface area contributed by atoms with Crippen molar-refractivity contribution in [1.82, 2.24) is 5.32 Å². The molecule has 1 aromatic carbocycles. The predicted octanol–water partition coefficient (Wildman–Crippen LogP) is 2.37. The van der Waals surface area contributed by atoms with E-state index >= 15 is 0 Å². The molecule has 1 unspecified atom stereocenters. The van der Waals surface area contributed by atoms with Crippen molar-refractivity contribution in [2.75, 3.05) is 20.3 Å². The lowest BCUT2D eigenvalue weighted by atomic mass is 10.1. The molecule has 4 nitrogen and oxygen atoms in total. The zero-order chi connectivity index (χ0) is 14.1. The maximum absolute atomic E-state index is 11.4. The van der Waals surface area contributed by atoms with Crippen molar-refractivity contribution in [2.24, 2.45) is 5.92 Å². The molecule has 0 aromatic heterocycles. The lowest BCUT2D eigenvalue weighted by Crippen LogP contribution is -2.28. The summed E-state index contributed by atoms with van der Waals surface area (Å²) in [7, 11) is 1.43. The molecule has 0 bridgehead atoms. The van der Waals surface area contributed by atoms with E-state index in [-0.39, 0.29) is 11.9 Å². The maximum atomic E-state index is 11.4. The third-order valence-corrected chi connectivity index (χ3v) is 2.98. The molecule has 106 valence electrons. The SMILES string of the molecule is CCOc1ccc(CNCC(CC)C(=O)OC)cc1. The zero-order valence-corrected chi connectivity index (χ0v) is 11.9. The first-order chi connectivity index (χ1) is 9.21. The number of ether oxygens (including phenoxy) is 2. The van der Waals surface area contributed by atoms with E-state index in [1.165, 1.54) is 12.7 Å². The number of carbonyl (C=O) groups excluding carboxylic acids is 1. The van der Waals surface area contributed by atoms with Gasteiger partial charge in [-0.3, -0.25) is 4.79 Å². The molecule has 1 aromatic rings. The summed E-state index contributed by atoms with van der Waals surface area (Å²) in [4.78, 5) is 11.4. The molecule has 0 aliphatic rings. The highest BCUT2D eigenvalue weighted by atomic mass is 16.5. The van der Waals surface area contributed by atoms with Crippen molar-refractivity contribution in [1.29, 1.82) is 0 Å². The highest BCUT2D eigenvalue weighted by Gasteiger charge is 2.15. The van der Waals surface area contributed by atoms with Crippen molar-refractivity contribution in [3.63, 3.8) is 0 Å². The van der Waals surface area contributed by atoms with Gasteiger partial charge in [0.05, 0.1) is 19.6 Å². The van der Waals surface area contributed by atoms with Gasteiger partial charge < -0.3 is 14.8 Å². The molecule has 0 fully saturated rings. The maximum Gasteiger partial charge on any atom is 0.309 e. The predicted molar refractivity (Wildman–Crippen MR) is 75.1 cm³/mol. The van der Waals surface area contributed by atoms with Crippen LogP contribution >= 0.6 is 0 Å². The molecule has 0 aliphatic heterocycles. The fourth-order valence-electron chi connectivity index (χ4n) is 1.82. The van der Waals surface area contributed by atoms with Crippen LogP contribution in [0.4, 0.5) is 0 Å². The summed E-state index contributed by atoms with van der Waals surface area (Å²) in [6.45, 7) is 6.00. The number of benzene rings is 1. The highest BCUT2D eigenvalue weighted by Crippen LogP contribution is 2.12. The van der Waals surface area contributed by atoms with Crippen LogP contribution in [0, 0.1) is 5.92 Å². The molecule has 1 N–H and O–H groups in total. The molecular weight excluding hydrogens is 242 g/mol. The normalized spacial score (nSPS) is 11.9. The fraction of sp³-hybridized carbons (Fsp3) is 0.533.